The second-order valence-electron chi connectivity index (χ2n) is 6.64. The first kappa shape index (κ1) is 19.8. The lowest BCUT2D eigenvalue weighted by Crippen LogP contribution is -2.18. The van der Waals surface area contributed by atoms with E-state index in [0.29, 0.717) is 12.5 Å². The summed E-state index contributed by atoms with van der Waals surface area (Å²) >= 11 is 0. The third kappa shape index (κ3) is 4.59. The molecule has 0 unspecified atom stereocenters. The highest BCUT2D eigenvalue weighted by molar-refractivity contribution is 6.05. The fourth-order valence-corrected chi connectivity index (χ4v) is 3.02. The zero-order valence-electron chi connectivity index (χ0n) is 16.4. The van der Waals surface area contributed by atoms with Gasteiger partial charge in [0.2, 0.25) is 11.8 Å². The quantitative estimate of drug-likeness (QED) is 0.482. The molecule has 2 amide bonds. The lowest BCUT2D eigenvalue weighted by molar-refractivity contribution is 0.0997. The molecular formula is C23H19N5O3. The van der Waals surface area contributed by atoms with Crippen LogP contribution >= 0.6 is 0 Å². The summed E-state index contributed by atoms with van der Waals surface area (Å²) in [7, 11) is 0. The lowest BCUT2D eigenvalue weighted by Gasteiger charge is -2.13. The van der Waals surface area contributed by atoms with E-state index in [1.807, 2.05) is 34.9 Å². The van der Waals surface area contributed by atoms with Gasteiger partial charge in [0.1, 0.15) is 11.3 Å². The van der Waals surface area contributed by atoms with Crippen LogP contribution in [0.4, 0.5) is 5.95 Å². The number of amides is 2. The number of benzene rings is 2. The maximum Gasteiger partial charge on any atom is 0.263 e. The third-order valence-corrected chi connectivity index (χ3v) is 4.51. The Morgan fingerprint density at radius 1 is 0.903 bits per heavy atom. The van der Waals surface area contributed by atoms with Gasteiger partial charge in [0.25, 0.3) is 11.8 Å². The number of primary amides is 1. The summed E-state index contributed by atoms with van der Waals surface area (Å²) in [6.45, 7) is 0.554. The zero-order valence-corrected chi connectivity index (χ0v) is 16.4. The van der Waals surface area contributed by atoms with E-state index in [1.165, 1.54) is 6.20 Å². The van der Waals surface area contributed by atoms with E-state index in [1.54, 1.807) is 48.8 Å². The van der Waals surface area contributed by atoms with Crippen LogP contribution in [-0.4, -0.2) is 26.3 Å². The van der Waals surface area contributed by atoms with Crippen LogP contribution in [0.1, 0.15) is 26.3 Å². The summed E-state index contributed by atoms with van der Waals surface area (Å²) in [6.07, 6.45) is 4.89. The molecule has 2 heterocycles. The van der Waals surface area contributed by atoms with Crippen LogP contribution in [0.5, 0.6) is 11.6 Å². The van der Waals surface area contributed by atoms with Crippen molar-refractivity contribution in [3.05, 3.63) is 102 Å². The summed E-state index contributed by atoms with van der Waals surface area (Å²) in [5, 5.41) is 2.79. The summed E-state index contributed by atoms with van der Waals surface area (Å²) in [5.74, 6) is -0.426. The Balaban J connectivity index is 1.56. The summed E-state index contributed by atoms with van der Waals surface area (Å²) in [4.78, 5) is 33.0. The first-order valence-electron chi connectivity index (χ1n) is 9.50. The van der Waals surface area contributed by atoms with Crippen LogP contribution in [0, 0.1) is 0 Å². The highest BCUT2D eigenvalue weighted by atomic mass is 16.5. The SMILES string of the molecule is NC(=O)c1ccccc1Oc1ncccc1C(=O)Nc1nccn1Cc1ccccc1. The molecule has 4 rings (SSSR count). The van der Waals surface area contributed by atoms with Crippen molar-refractivity contribution >= 4 is 17.8 Å². The summed E-state index contributed by atoms with van der Waals surface area (Å²) in [5.41, 5.74) is 6.86. The molecule has 0 saturated heterocycles. The topological polar surface area (TPSA) is 112 Å². The van der Waals surface area contributed by atoms with Crippen molar-refractivity contribution in [1.82, 2.24) is 14.5 Å². The Bertz CT molecular complexity index is 1220. The van der Waals surface area contributed by atoms with Crippen LogP contribution in [0.25, 0.3) is 0 Å². The van der Waals surface area contributed by atoms with Gasteiger partial charge >= 0.3 is 0 Å². The molecule has 0 saturated carbocycles. The van der Waals surface area contributed by atoms with E-state index in [2.05, 4.69) is 15.3 Å². The molecule has 0 aliphatic carbocycles. The van der Waals surface area contributed by atoms with E-state index < -0.39 is 11.8 Å². The molecule has 8 nitrogen and oxygen atoms in total. The van der Waals surface area contributed by atoms with Crippen molar-refractivity contribution in [1.29, 1.82) is 0 Å². The minimum absolute atomic E-state index is 0.0508. The Kier molecular flexibility index (Phi) is 5.70. The Morgan fingerprint density at radius 2 is 1.65 bits per heavy atom. The molecule has 8 heteroatoms. The normalized spacial score (nSPS) is 10.5. The number of ether oxygens (including phenoxy) is 1. The van der Waals surface area contributed by atoms with Crippen LogP contribution in [0.15, 0.2) is 85.3 Å². The average Bonchev–Trinajstić information content (AvgIpc) is 3.21. The third-order valence-electron chi connectivity index (χ3n) is 4.51. The molecule has 4 aromatic rings. The molecule has 0 radical (unpaired) electrons. The van der Waals surface area contributed by atoms with E-state index >= 15 is 0 Å². The van der Waals surface area contributed by atoms with Crippen LogP contribution in [-0.2, 0) is 6.54 Å². The predicted molar refractivity (Wildman–Crippen MR) is 115 cm³/mol. The monoisotopic (exact) mass is 413 g/mol. The molecule has 3 N–H and O–H groups in total. The standard InChI is InChI=1S/C23H19N5O3/c24-20(29)17-9-4-5-11-19(17)31-22-18(10-6-12-25-22)21(30)27-23-26-13-14-28(23)15-16-7-2-1-3-8-16/h1-14H,15H2,(H2,24,29)(H,26,27,30). The smallest absolute Gasteiger partial charge is 0.263 e. The number of nitrogens with one attached hydrogen (secondary N) is 1. The molecule has 0 atom stereocenters. The highest BCUT2D eigenvalue weighted by Crippen LogP contribution is 2.26. The average molecular weight is 413 g/mol. The largest absolute Gasteiger partial charge is 0.437 e. The predicted octanol–water partition coefficient (Wildman–Crippen LogP) is 3.47. The molecular weight excluding hydrogens is 394 g/mol. The second kappa shape index (κ2) is 8.91. The van der Waals surface area contributed by atoms with E-state index in [4.69, 9.17) is 10.5 Å². The van der Waals surface area contributed by atoms with Crippen molar-refractivity contribution in [2.24, 2.45) is 5.73 Å². The first-order chi connectivity index (χ1) is 15.1. The van der Waals surface area contributed by atoms with Crippen molar-refractivity contribution in [2.75, 3.05) is 5.32 Å². The minimum Gasteiger partial charge on any atom is -0.437 e. The number of aromatic nitrogens is 3. The number of hydrogen-bond acceptors (Lipinski definition) is 5. The van der Waals surface area contributed by atoms with Gasteiger partial charge < -0.3 is 15.0 Å². The minimum atomic E-state index is -0.638. The number of hydrogen-bond donors (Lipinski definition) is 2. The van der Waals surface area contributed by atoms with Crippen LogP contribution in [0.3, 0.4) is 0 Å². The number of nitrogens with two attached hydrogens (primary N) is 1. The molecule has 154 valence electrons. The number of rotatable bonds is 7. The maximum absolute atomic E-state index is 13.0. The fraction of sp³-hybridized carbons (Fsp3) is 0.0435. The number of pyridine rings is 1. The highest BCUT2D eigenvalue weighted by Gasteiger charge is 2.18. The van der Waals surface area contributed by atoms with E-state index in [-0.39, 0.29) is 22.8 Å². The van der Waals surface area contributed by atoms with Crippen molar-refractivity contribution in [2.45, 2.75) is 6.54 Å². The molecule has 0 spiro atoms. The van der Waals surface area contributed by atoms with Gasteiger partial charge in [-0.05, 0) is 29.8 Å². The lowest BCUT2D eigenvalue weighted by atomic mass is 10.2. The first-order valence-corrected chi connectivity index (χ1v) is 9.50. The molecule has 31 heavy (non-hydrogen) atoms. The number of imidazole rings is 1. The van der Waals surface area contributed by atoms with Gasteiger partial charge in [-0.15, -0.1) is 0 Å². The Labute approximate surface area is 178 Å². The van der Waals surface area contributed by atoms with Gasteiger partial charge in [0, 0.05) is 18.6 Å². The molecule has 0 bridgehead atoms. The van der Waals surface area contributed by atoms with Crippen molar-refractivity contribution in [3.8, 4) is 11.6 Å². The molecule has 0 fully saturated rings. The number of nitrogens with zero attached hydrogens (tertiary/aromatic N) is 3. The maximum atomic E-state index is 13.0. The van der Waals surface area contributed by atoms with Gasteiger partial charge in [-0.1, -0.05) is 42.5 Å². The van der Waals surface area contributed by atoms with Gasteiger partial charge in [-0.3, -0.25) is 14.9 Å². The molecule has 0 aliphatic heterocycles. The molecule has 2 aromatic heterocycles. The zero-order chi connectivity index (χ0) is 21.6. The Hall–Kier alpha value is -4.46. The van der Waals surface area contributed by atoms with Gasteiger partial charge in [0.15, 0.2) is 0 Å². The van der Waals surface area contributed by atoms with E-state index in [0.717, 1.165) is 5.56 Å². The van der Waals surface area contributed by atoms with Crippen LogP contribution < -0.4 is 15.8 Å². The van der Waals surface area contributed by atoms with Crippen molar-refractivity contribution < 1.29 is 14.3 Å². The fourth-order valence-electron chi connectivity index (χ4n) is 3.02. The number of carbonyl (C=O) groups excluding carboxylic acids is 2. The summed E-state index contributed by atoms with van der Waals surface area (Å²) in [6, 6.07) is 19.5. The summed E-state index contributed by atoms with van der Waals surface area (Å²) < 4.78 is 7.59. The molecule has 0 aliphatic rings. The van der Waals surface area contributed by atoms with Gasteiger partial charge in [-0.2, -0.15) is 0 Å². The molecule has 2 aromatic carbocycles. The number of carbonyl (C=O) groups is 2. The van der Waals surface area contributed by atoms with Crippen molar-refractivity contribution in [3.63, 3.8) is 0 Å². The van der Waals surface area contributed by atoms with Gasteiger partial charge in [-0.25, -0.2) is 9.97 Å². The van der Waals surface area contributed by atoms with Gasteiger partial charge in [0.05, 0.1) is 12.1 Å². The van der Waals surface area contributed by atoms with Crippen LogP contribution in [0.2, 0.25) is 0 Å². The van der Waals surface area contributed by atoms with E-state index in [9.17, 15) is 9.59 Å². The Morgan fingerprint density at radius 3 is 2.45 bits per heavy atom. The second-order valence-corrected chi connectivity index (χ2v) is 6.64. The number of para-hydroxylation sites is 1. The number of anilines is 1.